The Morgan fingerprint density at radius 2 is 1.79 bits per heavy atom. The number of fused-ring (bicyclic) bond motifs is 2. The van der Waals surface area contributed by atoms with E-state index in [1.807, 2.05) is 60.7 Å². The Bertz CT molecular complexity index is 1190. The third-order valence-electron chi connectivity index (χ3n) is 4.35. The van der Waals surface area contributed by atoms with Crippen molar-refractivity contribution in [3.8, 4) is 0 Å². The molecule has 1 aromatic heterocycles. The van der Waals surface area contributed by atoms with E-state index in [2.05, 4.69) is 10.3 Å². The molecule has 3 aromatic carbocycles. The summed E-state index contributed by atoms with van der Waals surface area (Å²) in [5.74, 6) is -0.784. The van der Waals surface area contributed by atoms with Crippen molar-refractivity contribution in [1.82, 2.24) is 4.98 Å². The lowest BCUT2D eigenvalue weighted by Crippen LogP contribution is -2.29. The number of para-hydroxylation sites is 2. The van der Waals surface area contributed by atoms with Gasteiger partial charge in [-0.15, -0.1) is 0 Å². The second-order valence-electron chi connectivity index (χ2n) is 6.48. The van der Waals surface area contributed by atoms with Gasteiger partial charge in [-0.1, -0.05) is 42.5 Å². The summed E-state index contributed by atoms with van der Waals surface area (Å²) >= 11 is 0. The Hall–Kier alpha value is -3.93. The zero-order valence-corrected chi connectivity index (χ0v) is 15.7. The highest BCUT2D eigenvalue weighted by Crippen LogP contribution is 2.19. The fraction of sp³-hybridized carbons (Fsp3) is 0.0870. The molecule has 144 valence electrons. The number of amides is 1. The van der Waals surface area contributed by atoms with Gasteiger partial charge >= 0.3 is 5.97 Å². The van der Waals surface area contributed by atoms with Gasteiger partial charge in [0.25, 0.3) is 5.91 Å². The van der Waals surface area contributed by atoms with Crippen molar-refractivity contribution in [3.63, 3.8) is 0 Å². The number of oxazole rings is 1. The van der Waals surface area contributed by atoms with Gasteiger partial charge in [0.15, 0.2) is 11.7 Å². The molecule has 29 heavy (non-hydrogen) atoms. The lowest BCUT2D eigenvalue weighted by molar-refractivity contribution is -0.148. The fourth-order valence-corrected chi connectivity index (χ4v) is 2.88. The first-order valence-electron chi connectivity index (χ1n) is 9.12. The Labute approximate surface area is 166 Å². The van der Waals surface area contributed by atoms with E-state index < -0.39 is 18.0 Å². The monoisotopic (exact) mass is 386 g/mol. The maximum atomic E-state index is 12.3. The fourth-order valence-electron chi connectivity index (χ4n) is 2.88. The van der Waals surface area contributed by atoms with Gasteiger partial charge in [-0.3, -0.25) is 4.79 Å². The molecule has 0 spiro atoms. The molecule has 0 radical (unpaired) electrons. The number of carbonyl (C=O) groups is 2. The summed E-state index contributed by atoms with van der Waals surface area (Å²) in [7, 11) is 0. The number of aromatic nitrogens is 1. The van der Waals surface area contributed by atoms with Crippen molar-refractivity contribution in [3.05, 3.63) is 78.7 Å². The SMILES string of the molecule is C[C@@H](OC(=O)/C=C/c1nc2ccccc2o1)C(=O)Nc1ccc2ccccc2c1. The molecule has 1 atom stereocenters. The molecule has 0 saturated heterocycles. The molecule has 6 heteroatoms. The lowest BCUT2D eigenvalue weighted by atomic mass is 10.1. The molecule has 0 aliphatic rings. The van der Waals surface area contributed by atoms with Crippen LogP contribution in [-0.4, -0.2) is 23.0 Å². The zero-order valence-electron chi connectivity index (χ0n) is 15.7. The van der Waals surface area contributed by atoms with Crippen LogP contribution in [0.2, 0.25) is 0 Å². The van der Waals surface area contributed by atoms with Crippen molar-refractivity contribution in [2.45, 2.75) is 13.0 Å². The number of nitrogens with one attached hydrogen (secondary N) is 1. The van der Waals surface area contributed by atoms with Crippen LogP contribution in [0.25, 0.3) is 27.9 Å². The van der Waals surface area contributed by atoms with E-state index in [1.54, 1.807) is 6.07 Å². The average molecular weight is 386 g/mol. The van der Waals surface area contributed by atoms with Crippen LogP contribution in [0.1, 0.15) is 12.8 Å². The molecule has 1 heterocycles. The quantitative estimate of drug-likeness (QED) is 0.401. The number of anilines is 1. The van der Waals surface area contributed by atoms with Crippen molar-refractivity contribution in [2.24, 2.45) is 0 Å². The average Bonchev–Trinajstić information content (AvgIpc) is 3.15. The highest BCUT2D eigenvalue weighted by atomic mass is 16.5. The highest BCUT2D eigenvalue weighted by molar-refractivity contribution is 5.98. The second kappa shape index (κ2) is 7.98. The molecule has 0 aliphatic carbocycles. The van der Waals surface area contributed by atoms with Crippen LogP contribution in [0.4, 0.5) is 5.69 Å². The molecule has 4 rings (SSSR count). The number of nitrogens with zero attached hydrogens (tertiary/aromatic N) is 1. The van der Waals surface area contributed by atoms with Crippen molar-refractivity contribution in [1.29, 1.82) is 0 Å². The first-order valence-corrected chi connectivity index (χ1v) is 9.12. The second-order valence-corrected chi connectivity index (χ2v) is 6.48. The van der Waals surface area contributed by atoms with Crippen LogP contribution < -0.4 is 5.32 Å². The minimum atomic E-state index is -0.956. The van der Waals surface area contributed by atoms with Crippen molar-refractivity contribution >= 4 is 45.5 Å². The minimum absolute atomic E-state index is 0.288. The van der Waals surface area contributed by atoms with Crippen molar-refractivity contribution in [2.75, 3.05) is 5.32 Å². The van der Waals surface area contributed by atoms with Gasteiger partial charge in [-0.25, -0.2) is 9.78 Å². The number of hydrogen-bond acceptors (Lipinski definition) is 5. The number of esters is 1. The van der Waals surface area contributed by atoms with E-state index in [-0.39, 0.29) is 5.89 Å². The van der Waals surface area contributed by atoms with Gasteiger partial charge in [-0.2, -0.15) is 0 Å². The van der Waals surface area contributed by atoms with Crippen LogP contribution in [-0.2, 0) is 14.3 Å². The Kier molecular flexibility index (Phi) is 5.07. The van der Waals surface area contributed by atoms with Crippen LogP contribution in [0.15, 0.2) is 77.2 Å². The highest BCUT2D eigenvalue weighted by Gasteiger charge is 2.17. The predicted octanol–water partition coefficient (Wildman–Crippen LogP) is 4.56. The topological polar surface area (TPSA) is 81.4 Å². The molecule has 1 amide bonds. The van der Waals surface area contributed by atoms with Gasteiger partial charge in [0, 0.05) is 17.8 Å². The first kappa shape index (κ1) is 18.4. The summed E-state index contributed by atoms with van der Waals surface area (Å²) in [5, 5.41) is 4.85. The number of carbonyl (C=O) groups excluding carboxylic acids is 2. The summed E-state index contributed by atoms with van der Waals surface area (Å²) in [4.78, 5) is 28.6. The smallest absolute Gasteiger partial charge is 0.331 e. The zero-order chi connectivity index (χ0) is 20.2. The Morgan fingerprint density at radius 1 is 1.03 bits per heavy atom. The Morgan fingerprint density at radius 3 is 2.62 bits per heavy atom. The minimum Gasteiger partial charge on any atom is -0.449 e. The molecule has 0 saturated carbocycles. The largest absolute Gasteiger partial charge is 0.449 e. The predicted molar refractivity (Wildman–Crippen MR) is 111 cm³/mol. The van der Waals surface area contributed by atoms with E-state index in [1.165, 1.54) is 19.1 Å². The van der Waals surface area contributed by atoms with E-state index in [9.17, 15) is 9.59 Å². The Balaban J connectivity index is 1.36. The number of rotatable bonds is 5. The maximum absolute atomic E-state index is 12.3. The van der Waals surface area contributed by atoms with E-state index >= 15 is 0 Å². The van der Waals surface area contributed by atoms with Gasteiger partial charge in [0.05, 0.1) is 0 Å². The molecule has 4 aromatic rings. The van der Waals surface area contributed by atoms with Gasteiger partial charge in [0.1, 0.15) is 5.52 Å². The van der Waals surface area contributed by atoms with E-state index in [0.29, 0.717) is 16.8 Å². The molecule has 1 N–H and O–H groups in total. The summed E-state index contributed by atoms with van der Waals surface area (Å²) in [5.41, 5.74) is 1.96. The maximum Gasteiger partial charge on any atom is 0.331 e. The first-order chi connectivity index (χ1) is 14.1. The third-order valence-corrected chi connectivity index (χ3v) is 4.35. The van der Waals surface area contributed by atoms with Crippen LogP contribution in [0.5, 0.6) is 0 Å². The molecule has 6 nitrogen and oxygen atoms in total. The van der Waals surface area contributed by atoms with E-state index in [4.69, 9.17) is 9.15 Å². The molecule has 0 aliphatic heterocycles. The molecular formula is C23H18N2O4. The van der Waals surface area contributed by atoms with Crippen LogP contribution >= 0.6 is 0 Å². The summed E-state index contributed by atoms with van der Waals surface area (Å²) in [6, 6.07) is 20.7. The van der Waals surface area contributed by atoms with Gasteiger partial charge in [-0.05, 0) is 42.0 Å². The molecule has 0 bridgehead atoms. The number of benzene rings is 3. The summed E-state index contributed by atoms with van der Waals surface area (Å²) in [6.45, 7) is 1.52. The van der Waals surface area contributed by atoms with Crippen molar-refractivity contribution < 1.29 is 18.7 Å². The molecular weight excluding hydrogens is 368 g/mol. The lowest BCUT2D eigenvalue weighted by Gasteiger charge is -2.12. The normalized spacial score (nSPS) is 12.3. The number of hydrogen-bond donors (Lipinski definition) is 1. The summed E-state index contributed by atoms with van der Waals surface area (Å²) < 4.78 is 10.7. The summed E-state index contributed by atoms with van der Waals surface area (Å²) in [6.07, 6.45) is 1.64. The third kappa shape index (κ3) is 4.32. The van der Waals surface area contributed by atoms with Gasteiger partial charge in [0.2, 0.25) is 5.89 Å². The molecule has 0 unspecified atom stereocenters. The van der Waals surface area contributed by atoms with Crippen LogP contribution in [0, 0.1) is 0 Å². The number of ether oxygens (including phenoxy) is 1. The van der Waals surface area contributed by atoms with E-state index in [0.717, 1.165) is 10.8 Å². The molecule has 0 fully saturated rings. The van der Waals surface area contributed by atoms with Gasteiger partial charge < -0.3 is 14.5 Å². The van der Waals surface area contributed by atoms with Crippen LogP contribution in [0.3, 0.4) is 0 Å². The standard InChI is InChI=1S/C23H18N2O4/c1-15(23(27)24-18-11-10-16-6-2-3-7-17(16)14-18)28-22(26)13-12-21-25-19-8-4-5-9-20(19)29-21/h2-15H,1H3,(H,24,27)/b13-12+/t15-/m1/s1.